The van der Waals surface area contributed by atoms with Crippen LogP contribution in [0, 0.1) is 11.3 Å². The van der Waals surface area contributed by atoms with Gasteiger partial charge in [-0.25, -0.2) is 8.78 Å². The molecule has 1 aromatic rings. The average molecular weight is 609 g/mol. The molecule has 4 rings (SSSR count). The van der Waals surface area contributed by atoms with Gasteiger partial charge in [-0.05, 0) is 53.7 Å². The van der Waals surface area contributed by atoms with Gasteiger partial charge in [0.05, 0.1) is 21.3 Å². The van der Waals surface area contributed by atoms with Crippen LogP contribution in [-0.2, 0) is 9.59 Å². The molecule has 6 nitrogen and oxygen atoms in total. The minimum absolute atomic E-state index is 0.00878. The molecule has 0 N–H and O–H groups in total. The van der Waals surface area contributed by atoms with E-state index >= 15 is 0 Å². The van der Waals surface area contributed by atoms with Gasteiger partial charge in [-0.15, -0.1) is 11.3 Å². The summed E-state index contributed by atoms with van der Waals surface area (Å²) in [5, 5.41) is 1.03. The zero-order chi connectivity index (χ0) is 30.3. The van der Waals surface area contributed by atoms with Crippen LogP contribution >= 0.6 is 22.9 Å². The van der Waals surface area contributed by atoms with Crippen LogP contribution in [0.1, 0.15) is 66.5 Å². The van der Waals surface area contributed by atoms with Gasteiger partial charge < -0.3 is 14.7 Å². The second-order valence-electron chi connectivity index (χ2n) is 12.8. The van der Waals surface area contributed by atoms with Crippen molar-refractivity contribution in [1.82, 2.24) is 14.7 Å². The van der Waals surface area contributed by atoms with Crippen LogP contribution < -0.4 is 4.90 Å². The summed E-state index contributed by atoms with van der Waals surface area (Å²) in [4.78, 5) is 34.8. The Labute approximate surface area is 252 Å². The fraction of sp³-hybridized carbons (Fsp3) is 0.613. The van der Waals surface area contributed by atoms with Crippen LogP contribution in [0.4, 0.5) is 13.8 Å². The Hall–Kier alpha value is -2.23. The summed E-state index contributed by atoms with van der Waals surface area (Å²) in [5.74, 6) is -1.59. The first-order valence-electron chi connectivity index (χ1n) is 14.4. The van der Waals surface area contributed by atoms with Gasteiger partial charge >= 0.3 is 0 Å². The predicted molar refractivity (Wildman–Crippen MR) is 164 cm³/mol. The van der Waals surface area contributed by atoms with Gasteiger partial charge in [-0.3, -0.25) is 14.5 Å². The highest BCUT2D eigenvalue weighted by molar-refractivity contribution is 7.20. The molecule has 10 heteroatoms. The number of allylic oxidation sites excluding steroid dienone is 5. The van der Waals surface area contributed by atoms with E-state index in [0.717, 1.165) is 16.6 Å². The Kier molecular flexibility index (Phi) is 9.41. The summed E-state index contributed by atoms with van der Waals surface area (Å²) >= 11 is 7.99. The average Bonchev–Trinajstić information content (AvgIpc) is 3.43. The molecule has 3 aliphatic rings. The minimum Gasteiger partial charge on any atom is -0.360 e. The fourth-order valence-electron chi connectivity index (χ4n) is 6.56. The molecule has 0 aromatic carbocycles. The molecule has 0 saturated carbocycles. The summed E-state index contributed by atoms with van der Waals surface area (Å²) in [5.41, 5.74) is 0.0605. The lowest BCUT2D eigenvalue weighted by atomic mass is 9.73. The number of piperazine rings is 1. The van der Waals surface area contributed by atoms with Gasteiger partial charge in [0, 0.05) is 81.2 Å². The monoisotopic (exact) mass is 608 g/mol. The second kappa shape index (κ2) is 12.2. The number of hydrogen-bond donors (Lipinski definition) is 0. The lowest BCUT2D eigenvalue weighted by molar-refractivity contribution is -0.138. The predicted octanol–water partition coefficient (Wildman–Crippen LogP) is 6.75. The first-order valence-corrected chi connectivity index (χ1v) is 15.6. The van der Waals surface area contributed by atoms with Crippen LogP contribution in [0.3, 0.4) is 0 Å². The quantitative estimate of drug-likeness (QED) is 0.371. The zero-order valence-electron chi connectivity index (χ0n) is 25.2. The Morgan fingerprint density at radius 2 is 1.80 bits per heavy atom. The van der Waals surface area contributed by atoms with E-state index in [9.17, 15) is 18.4 Å². The van der Waals surface area contributed by atoms with E-state index in [1.54, 1.807) is 13.0 Å². The first-order chi connectivity index (χ1) is 19.1. The van der Waals surface area contributed by atoms with Crippen LogP contribution in [-0.4, -0.2) is 77.4 Å². The Bertz CT molecular complexity index is 1250. The molecule has 1 spiro atoms. The Balaban J connectivity index is 1.54. The standard InChI is InChI=1S/C31H43ClF2N4O2S/c1-20(2)38(22(4)39)21(3)25-16-27(32)41-29(25)36-13-11-35(12-14-36)28(40)26-18-37(30(5,6)7)19-31(26)10-8-9-23(33)15-24(34)17-31/h8-10,15-16,20-21,26H,11-14,17-19H2,1-7H3/b10-8+,23-9+,24-15+/t21?,26-,31?/m0/s1. The maximum Gasteiger partial charge on any atom is 0.228 e. The molecule has 226 valence electrons. The van der Waals surface area contributed by atoms with Crippen molar-refractivity contribution in [1.29, 1.82) is 0 Å². The molecule has 1 aromatic heterocycles. The molecule has 2 aliphatic heterocycles. The molecular weight excluding hydrogens is 566 g/mol. The highest BCUT2D eigenvalue weighted by atomic mass is 35.5. The smallest absolute Gasteiger partial charge is 0.228 e. The summed E-state index contributed by atoms with van der Waals surface area (Å²) in [6, 6.07) is 1.86. The minimum atomic E-state index is -0.754. The van der Waals surface area contributed by atoms with Gasteiger partial charge in [-0.2, -0.15) is 0 Å². The van der Waals surface area contributed by atoms with E-state index in [2.05, 4.69) is 30.6 Å². The van der Waals surface area contributed by atoms with Gasteiger partial charge in [0.15, 0.2) is 0 Å². The number of rotatable bonds is 5. The van der Waals surface area contributed by atoms with Crippen molar-refractivity contribution in [3.63, 3.8) is 0 Å². The number of carbonyl (C=O) groups excluding carboxylic acids is 2. The molecule has 2 unspecified atom stereocenters. The number of anilines is 1. The summed E-state index contributed by atoms with van der Waals surface area (Å²) in [7, 11) is 0. The van der Waals surface area contributed by atoms with Crippen molar-refractivity contribution < 1.29 is 18.4 Å². The van der Waals surface area contributed by atoms with E-state index in [1.165, 1.54) is 17.4 Å². The van der Waals surface area contributed by atoms with Crippen molar-refractivity contribution in [2.75, 3.05) is 44.2 Å². The lowest BCUT2D eigenvalue weighted by Crippen LogP contribution is -2.52. The van der Waals surface area contributed by atoms with E-state index < -0.39 is 23.0 Å². The highest BCUT2D eigenvalue weighted by Gasteiger charge is 2.52. The third-order valence-corrected chi connectivity index (χ3v) is 10.0. The molecule has 0 radical (unpaired) electrons. The van der Waals surface area contributed by atoms with Crippen LogP contribution in [0.25, 0.3) is 0 Å². The summed E-state index contributed by atoms with van der Waals surface area (Å²) in [6.07, 6.45) is 5.67. The molecule has 2 amide bonds. The van der Waals surface area contributed by atoms with Crippen LogP contribution in [0.15, 0.2) is 42.0 Å². The van der Waals surface area contributed by atoms with Crippen molar-refractivity contribution in [3.05, 3.63) is 51.9 Å². The largest absolute Gasteiger partial charge is 0.360 e. The molecule has 41 heavy (non-hydrogen) atoms. The Morgan fingerprint density at radius 3 is 2.39 bits per heavy atom. The van der Waals surface area contributed by atoms with Gasteiger partial charge in [-0.1, -0.05) is 23.8 Å². The number of likely N-dealkylation sites (tertiary alicyclic amines) is 1. The van der Waals surface area contributed by atoms with E-state index in [1.807, 2.05) is 42.7 Å². The molecule has 3 heterocycles. The van der Waals surface area contributed by atoms with Gasteiger partial charge in [0.1, 0.15) is 11.7 Å². The number of amides is 2. The number of carbonyl (C=O) groups is 2. The molecule has 0 bridgehead atoms. The number of nitrogens with zero attached hydrogens (tertiary/aromatic N) is 4. The van der Waals surface area contributed by atoms with Gasteiger partial charge in [0.2, 0.25) is 11.8 Å². The maximum atomic E-state index is 14.9. The third-order valence-electron chi connectivity index (χ3n) is 8.68. The number of hydrogen-bond acceptors (Lipinski definition) is 5. The number of thiophene rings is 1. The third kappa shape index (κ3) is 6.73. The van der Waals surface area contributed by atoms with Crippen LogP contribution in [0.5, 0.6) is 0 Å². The normalized spacial score (nSPS) is 28.1. The van der Waals surface area contributed by atoms with E-state index in [0.29, 0.717) is 43.6 Å². The molecular formula is C31H43ClF2N4O2S. The molecule has 2 saturated heterocycles. The topological polar surface area (TPSA) is 47.1 Å². The lowest BCUT2D eigenvalue weighted by Gasteiger charge is -2.40. The van der Waals surface area contributed by atoms with Crippen LogP contribution in [0.2, 0.25) is 4.34 Å². The van der Waals surface area contributed by atoms with Crippen molar-refractivity contribution in [2.24, 2.45) is 11.3 Å². The van der Waals surface area contributed by atoms with Crippen molar-refractivity contribution >= 4 is 39.8 Å². The number of halogens is 3. The van der Waals surface area contributed by atoms with E-state index in [-0.39, 0.29) is 35.9 Å². The second-order valence-corrected chi connectivity index (χ2v) is 14.5. The summed E-state index contributed by atoms with van der Waals surface area (Å²) in [6.45, 7) is 17.3. The molecule has 2 fully saturated rings. The van der Waals surface area contributed by atoms with Crippen molar-refractivity contribution in [3.8, 4) is 0 Å². The van der Waals surface area contributed by atoms with E-state index in [4.69, 9.17) is 11.6 Å². The molecule has 3 atom stereocenters. The molecule has 1 aliphatic carbocycles. The first kappa shape index (κ1) is 31.7. The maximum absolute atomic E-state index is 14.9. The summed E-state index contributed by atoms with van der Waals surface area (Å²) < 4.78 is 29.5. The SMILES string of the molecule is CC(=O)N(C(C)C)C(C)c1cc(Cl)sc1N1CCN(C(=O)[C@@H]2CN(C(C)(C)C)CC23/C=C/C=C(F)\C=C(\F)C3)CC1. The zero-order valence-corrected chi connectivity index (χ0v) is 26.8. The highest BCUT2D eigenvalue weighted by Crippen LogP contribution is 2.47. The fourth-order valence-corrected chi connectivity index (χ4v) is 7.93. The van der Waals surface area contributed by atoms with Gasteiger partial charge in [0.25, 0.3) is 0 Å². The van der Waals surface area contributed by atoms with Crippen molar-refractivity contribution in [2.45, 2.75) is 72.5 Å². The Morgan fingerprint density at radius 1 is 1.15 bits per heavy atom.